The van der Waals surface area contributed by atoms with Crippen LogP contribution in [0.3, 0.4) is 0 Å². The Morgan fingerprint density at radius 1 is 1.64 bits per heavy atom. The van der Waals surface area contributed by atoms with Gasteiger partial charge in [0.2, 0.25) is 0 Å². The van der Waals surface area contributed by atoms with Gasteiger partial charge in [0.05, 0.1) is 17.1 Å². The Kier molecular flexibility index (Phi) is 2.03. The molecule has 0 saturated heterocycles. The van der Waals surface area contributed by atoms with Crippen LogP contribution in [-0.4, -0.2) is 16.0 Å². The molecule has 14 heavy (non-hydrogen) atoms. The molecular weight excluding hydrogens is 191 g/mol. The van der Waals surface area contributed by atoms with Crippen molar-refractivity contribution in [2.24, 2.45) is 0 Å². The quantitative estimate of drug-likeness (QED) is 0.421. The molecule has 0 spiro atoms. The van der Waals surface area contributed by atoms with Crippen molar-refractivity contribution in [2.45, 2.75) is 18.9 Å². The lowest BCUT2D eigenvalue weighted by atomic mass is 10.4. The molecule has 1 saturated carbocycles. The highest BCUT2D eigenvalue weighted by Crippen LogP contribution is 2.29. The van der Waals surface area contributed by atoms with Crippen molar-refractivity contribution in [1.29, 1.82) is 0 Å². The predicted octanol–water partition coefficient (Wildman–Crippen LogP) is 1.67. The van der Waals surface area contributed by atoms with Crippen molar-refractivity contribution < 1.29 is 14.1 Å². The average molecular weight is 198 g/mol. The van der Waals surface area contributed by atoms with Crippen molar-refractivity contribution in [3.63, 3.8) is 0 Å². The van der Waals surface area contributed by atoms with Gasteiger partial charge in [-0.1, -0.05) is 0 Å². The minimum atomic E-state index is -0.803. The summed E-state index contributed by atoms with van der Waals surface area (Å²) in [7, 11) is 0. The molecule has 1 fully saturated rings. The lowest BCUT2D eigenvalue weighted by Crippen LogP contribution is -2.01. The molecule has 74 valence electrons. The molecule has 1 aromatic rings. The number of nitrogens with zero attached hydrogens (tertiary/aromatic N) is 2. The van der Waals surface area contributed by atoms with Crippen LogP contribution < -0.4 is 4.74 Å². The molecule has 0 radical (unpaired) electrons. The van der Waals surface area contributed by atoms with E-state index in [1.54, 1.807) is 0 Å². The number of nitro groups is 1. The second-order valence-corrected chi connectivity index (χ2v) is 3.06. The fourth-order valence-electron chi connectivity index (χ4n) is 0.966. The van der Waals surface area contributed by atoms with Crippen molar-refractivity contribution in [3.8, 4) is 5.75 Å². The van der Waals surface area contributed by atoms with E-state index in [2.05, 4.69) is 4.98 Å². The van der Waals surface area contributed by atoms with Gasteiger partial charge in [0, 0.05) is 0 Å². The van der Waals surface area contributed by atoms with Gasteiger partial charge < -0.3 is 4.74 Å². The van der Waals surface area contributed by atoms with E-state index in [0.29, 0.717) is 0 Å². The number of pyridine rings is 1. The van der Waals surface area contributed by atoms with E-state index in [1.807, 2.05) is 0 Å². The van der Waals surface area contributed by atoms with E-state index in [4.69, 9.17) is 4.74 Å². The molecule has 0 aromatic carbocycles. The van der Waals surface area contributed by atoms with Crippen LogP contribution in [-0.2, 0) is 0 Å². The number of aromatic nitrogens is 1. The molecule has 0 aliphatic heterocycles. The van der Waals surface area contributed by atoms with Crippen LogP contribution in [0.5, 0.6) is 5.75 Å². The van der Waals surface area contributed by atoms with Gasteiger partial charge in [0.1, 0.15) is 6.20 Å². The van der Waals surface area contributed by atoms with Crippen LogP contribution in [0, 0.1) is 16.1 Å². The minimum absolute atomic E-state index is 0.00620. The Morgan fingerprint density at radius 3 is 2.93 bits per heavy atom. The van der Waals surface area contributed by atoms with E-state index >= 15 is 0 Å². The van der Waals surface area contributed by atoms with Gasteiger partial charge in [-0.3, -0.25) is 10.1 Å². The van der Waals surface area contributed by atoms with Gasteiger partial charge in [0.25, 0.3) is 11.6 Å². The fraction of sp³-hybridized carbons (Fsp3) is 0.375. The summed E-state index contributed by atoms with van der Waals surface area (Å²) >= 11 is 0. The number of hydrogen-bond donors (Lipinski definition) is 0. The maximum Gasteiger partial charge on any atom is 0.291 e. The molecule has 0 atom stereocenters. The topological polar surface area (TPSA) is 65.3 Å². The number of ether oxygens (including phenoxy) is 1. The maximum absolute atomic E-state index is 13.0. The third kappa shape index (κ3) is 1.78. The smallest absolute Gasteiger partial charge is 0.291 e. The van der Waals surface area contributed by atoms with E-state index in [1.165, 1.54) is 0 Å². The molecular formula is C8H7FN2O3. The molecule has 1 aromatic heterocycles. The Morgan fingerprint density at radius 2 is 2.36 bits per heavy atom. The fourth-order valence-corrected chi connectivity index (χ4v) is 0.966. The SMILES string of the molecule is O=[N+]([O-])c1cnc(F)c(OC2CC2)c1. The van der Waals surface area contributed by atoms with Crippen LogP contribution in [0.4, 0.5) is 10.1 Å². The van der Waals surface area contributed by atoms with Crippen LogP contribution in [0.25, 0.3) is 0 Å². The number of rotatable bonds is 3. The van der Waals surface area contributed by atoms with Gasteiger partial charge in [-0.2, -0.15) is 4.39 Å². The van der Waals surface area contributed by atoms with Gasteiger partial charge in [0.15, 0.2) is 5.75 Å². The lowest BCUT2D eigenvalue weighted by Gasteiger charge is -2.03. The Labute approximate surface area is 78.7 Å². The minimum Gasteiger partial charge on any atom is -0.485 e. The molecule has 1 aliphatic carbocycles. The van der Waals surface area contributed by atoms with Gasteiger partial charge in [-0.15, -0.1) is 0 Å². The largest absolute Gasteiger partial charge is 0.485 e. The standard InChI is InChI=1S/C8H7FN2O3/c9-8-7(14-6-1-2-6)3-5(4-10-8)11(12)13/h3-4,6H,1-2H2. The Balaban J connectivity index is 2.26. The van der Waals surface area contributed by atoms with Crippen molar-refractivity contribution >= 4 is 5.69 Å². The summed E-state index contributed by atoms with van der Waals surface area (Å²) in [5.74, 6) is -0.941. The first kappa shape index (κ1) is 8.86. The molecule has 6 heteroatoms. The first-order valence-corrected chi connectivity index (χ1v) is 4.13. The molecule has 2 rings (SSSR count). The summed E-state index contributed by atoms with van der Waals surface area (Å²) in [6.07, 6.45) is 2.59. The molecule has 1 heterocycles. The molecule has 0 amide bonds. The third-order valence-corrected chi connectivity index (χ3v) is 1.82. The molecule has 5 nitrogen and oxygen atoms in total. The van der Waals surface area contributed by atoms with E-state index in [0.717, 1.165) is 25.1 Å². The predicted molar refractivity (Wildman–Crippen MR) is 44.5 cm³/mol. The monoisotopic (exact) mass is 198 g/mol. The van der Waals surface area contributed by atoms with Gasteiger partial charge in [-0.25, -0.2) is 4.98 Å². The Bertz CT molecular complexity index is 379. The molecule has 0 N–H and O–H groups in total. The average Bonchev–Trinajstić information content (AvgIpc) is 2.92. The lowest BCUT2D eigenvalue weighted by molar-refractivity contribution is -0.385. The summed E-state index contributed by atoms with van der Waals surface area (Å²) in [5, 5.41) is 10.4. The second-order valence-electron chi connectivity index (χ2n) is 3.06. The zero-order valence-electron chi connectivity index (χ0n) is 7.14. The molecule has 1 aliphatic rings. The zero-order chi connectivity index (χ0) is 10.1. The van der Waals surface area contributed by atoms with Crippen LogP contribution >= 0.6 is 0 Å². The number of halogens is 1. The highest BCUT2D eigenvalue weighted by atomic mass is 19.1. The van der Waals surface area contributed by atoms with Gasteiger partial charge >= 0.3 is 0 Å². The van der Waals surface area contributed by atoms with E-state index in [-0.39, 0.29) is 17.5 Å². The second kappa shape index (κ2) is 3.21. The Hall–Kier alpha value is -1.72. The van der Waals surface area contributed by atoms with Crippen LogP contribution in [0.15, 0.2) is 12.3 Å². The normalized spacial score (nSPS) is 15.2. The van der Waals surface area contributed by atoms with Crippen molar-refractivity contribution in [2.75, 3.05) is 0 Å². The highest BCUT2D eigenvalue weighted by Gasteiger charge is 2.26. The van der Waals surface area contributed by atoms with E-state index < -0.39 is 10.9 Å². The van der Waals surface area contributed by atoms with Crippen LogP contribution in [0.2, 0.25) is 0 Å². The maximum atomic E-state index is 13.0. The summed E-state index contributed by atoms with van der Waals surface area (Å²) in [6, 6.07) is 1.06. The van der Waals surface area contributed by atoms with Crippen LogP contribution in [0.1, 0.15) is 12.8 Å². The third-order valence-electron chi connectivity index (χ3n) is 1.82. The summed E-state index contributed by atoms with van der Waals surface area (Å²) in [4.78, 5) is 13.0. The summed E-state index contributed by atoms with van der Waals surface area (Å²) in [5.41, 5.74) is -0.262. The molecule has 0 unspecified atom stereocenters. The first-order chi connectivity index (χ1) is 6.66. The summed E-state index contributed by atoms with van der Waals surface area (Å²) < 4.78 is 18.1. The first-order valence-electron chi connectivity index (χ1n) is 4.13. The van der Waals surface area contributed by atoms with Crippen molar-refractivity contribution in [3.05, 3.63) is 28.3 Å². The van der Waals surface area contributed by atoms with Crippen molar-refractivity contribution in [1.82, 2.24) is 4.98 Å². The molecule has 0 bridgehead atoms. The highest BCUT2D eigenvalue weighted by molar-refractivity contribution is 5.35. The number of hydrogen-bond acceptors (Lipinski definition) is 4. The van der Waals surface area contributed by atoms with E-state index in [9.17, 15) is 14.5 Å². The summed E-state index contributed by atoms with van der Waals surface area (Å²) in [6.45, 7) is 0. The van der Waals surface area contributed by atoms with Gasteiger partial charge in [-0.05, 0) is 12.8 Å². The zero-order valence-corrected chi connectivity index (χ0v) is 7.14.